The van der Waals surface area contributed by atoms with E-state index in [1.807, 2.05) is 31.2 Å². The van der Waals surface area contributed by atoms with Crippen molar-refractivity contribution < 1.29 is 14.3 Å². The minimum atomic E-state index is -0.435. The first kappa shape index (κ1) is 17.8. The van der Waals surface area contributed by atoms with Crippen LogP contribution in [0.2, 0.25) is 0 Å². The molecule has 2 aromatic rings. The number of para-hydroxylation sites is 1. The zero-order valence-corrected chi connectivity index (χ0v) is 15.2. The van der Waals surface area contributed by atoms with Gasteiger partial charge in [-0.05, 0) is 42.8 Å². The van der Waals surface area contributed by atoms with Gasteiger partial charge in [0, 0.05) is 15.7 Å². The summed E-state index contributed by atoms with van der Waals surface area (Å²) >= 11 is 3.41. The second kappa shape index (κ2) is 8.35. The Morgan fingerprint density at radius 1 is 1.21 bits per heavy atom. The summed E-state index contributed by atoms with van der Waals surface area (Å²) in [6, 6.07) is 10.5. The maximum Gasteiger partial charge on any atom is 0.339 e. The molecule has 0 saturated heterocycles. The third-order valence-electron chi connectivity index (χ3n) is 3.22. The number of carbonyl (C=O) groups excluding carboxylic acids is 1. The normalized spacial score (nSPS) is 10.5. The first-order valence-corrected chi connectivity index (χ1v) is 7.91. The third-order valence-corrected chi connectivity index (χ3v) is 4.11. The van der Waals surface area contributed by atoms with E-state index in [0.29, 0.717) is 22.7 Å². The van der Waals surface area contributed by atoms with Crippen molar-refractivity contribution in [2.24, 2.45) is 5.10 Å². The number of rotatable bonds is 5. The molecule has 0 unspecified atom stereocenters. The predicted octanol–water partition coefficient (Wildman–Crippen LogP) is 3.93. The summed E-state index contributed by atoms with van der Waals surface area (Å²) in [6.45, 7) is 1.94. The SMILES string of the molecule is COc1cccc(/C=N/NC(=O)Nc2ccc(Br)c(C)c2)c1OC. The molecule has 0 radical (unpaired) electrons. The van der Waals surface area contributed by atoms with Crippen molar-refractivity contribution >= 4 is 33.9 Å². The lowest BCUT2D eigenvalue weighted by Gasteiger charge is -2.09. The molecular formula is C17H18BrN3O3. The highest BCUT2D eigenvalue weighted by Gasteiger charge is 2.07. The predicted molar refractivity (Wildman–Crippen MR) is 98.2 cm³/mol. The van der Waals surface area contributed by atoms with Gasteiger partial charge in [-0.1, -0.05) is 22.0 Å². The van der Waals surface area contributed by atoms with Crippen LogP contribution in [0.3, 0.4) is 0 Å². The first-order chi connectivity index (χ1) is 11.5. The summed E-state index contributed by atoms with van der Waals surface area (Å²) < 4.78 is 11.5. The van der Waals surface area contributed by atoms with Gasteiger partial charge in [0.15, 0.2) is 11.5 Å². The standard InChI is InChI=1S/C17H18BrN3O3/c1-11-9-13(7-8-14(11)18)20-17(22)21-19-10-12-5-4-6-15(23-2)16(12)24-3/h4-10H,1-3H3,(H2,20,21,22)/b19-10+. The summed E-state index contributed by atoms with van der Waals surface area (Å²) in [4.78, 5) is 11.9. The molecule has 6 nitrogen and oxygen atoms in total. The van der Waals surface area contributed by atoms with Crippen LogP contribution >= 0.6 is 15.9 Å². The second-order valence-electron chi connectivity index (χ2n) is 4.87. The van der Waals surface area contributed by atoms with Gasteiger partial charge >= 0.3 is 6.03 Å². The Balaban J connectivity index is 2.01. The van der Waals surface area contributed by atoms with E-state index in [9.17, 15) is 4.79 Å². The van der Waals surface area contributed by atoms with Crippen molar-refractivity contribution in [2.75, 3.05) is 19.5 Å². The maximum absolute atomic E-state index is 11.9. The molecule has 0 aromatic heterocycles. The topological polar surface area (TPSA) is 72.0 Å². The number of halogens is 1. The fourth-order valence-corrected chi connectivity index (χ4v) is 2.30. The van der Waals surface area contributed by atoms with Gasteiger partial charge in [-0.25, -0.2) is 10.2 Å². The summed E-state index contributed by atoms with van der Waals surface area (Å²) in [5.74, 6) is 1.14. The Hall–Kier alpha value is -2.54. The molecule has 2 rings (SSSR count). The fraction of sp³-hybridized carbons (Fsp3) is 0.176. The summed E-state index contributed by atoms with van der Waals surface area (Å²) in [5, 5.41) is 6.64. The Morgan fingerprint density at radius 2 is 2.00 bits per heavy atom. The highest BCUT2D eigenvalue weighted by atomic mass is 79.9. The van der Waals surface area contributed by atoms with Crippen molar-refractivity contribution in [1.29, 1.82) is 0 Å². The number of hydrazone groups is 1. The molecule has 0 aliphatic rings. The van der Waals surface area contributed by atoms with Gasteiger partial charge in [-0.3, -0.25) is 0 Å². The van der Waals surface area contributed by atoms with Gasteiger partial charge in [0.2, 0.25) is 0 Å². The summed E-state index contributed by atoms with van der Waals surface area (Å²) in [6.07, 6.45) is 1.49. The monoisotopic (exact) mass is 391 g/mol. The van der Waals surface area contributed by atoms with E-state index in [1.54, 1.807) is 26.4 Å². The Morgan fingerprint density at radius 3 is 2.67 bits per heavy atom. The molecule has 0 heterocycles. The van der Waals surface area contributed by atoms with Gasteiger partial charge < -0.3 is 14.8 Å². The van der Waals surface area contributed by atoms with Crippen LogP contribution in [0.5, 0.6) is 11.5 Å². The highest BCUT2D eigenvalue weighted by molar-refractivity contribution is 9.10. The van der Waals surface area contributed by atoms with E-state index in [1.165, 1.54) is 6.21 Å². The summed E-state index contributed by atoms with van der Waals surface area (Å²) in [5.41, 5.74) is 4.81. The van der Waals surface area contributed by atoms with Crippen LogP contribution in [0.4, 0.5) is 10.5 Å². The van der Waals surface area contributed by atoms with Crippen molar-refractivity contribution in [3.63, 3.8) is 0 Å². The van der Waals surface area contributed by atoms with Gasteiger partial charge in [0.25, 0.3) is 0 Å². The smallest absolute Gasteiger partial charge is 0.339 e. The molecule has 0 aliphatic carbocycles. The van der Waals surface area contributed by atoms with Crippen LogP contribution in [-0.2, 0) is 0 Å². The van der Waals surface area contributed by atoms with Gasteiger partial charge in [0.05, 0.1) is 20.4 Å². The van der Waals surface area contributed by atoms with Crippen LogP contribution in [-0.4, -0.2) is 26.5 Å². The number of methoxy groups -OCH3 is 2. The lowest BCUT2D eigenvalue weighted by molar-refractivity contribution is 0.252. The average Bonchev–Trinajstić information content (AvgIpc) is 2.57. The van der Waals surface area contributed by atoms with Crippen LogP contribution in [0.15, 0.2) is 46.0 Å². The number of hydrogen-bond donors (Lipinski definition) is 2. The van der Waals surface area contributed by atoms with E-state index >= 15 is 0 Å². The first-order valence-electron chi connectivity index (χ1n) is 7.12. The number of nitrogens with one attached hydrogen (secondary N) is 2. The Labute approximate surface area is 149 Å². The molecular weight excluding hydrogens is 374 g/mol. The molecule has 0 aliphatic heterocycles. The quantitative estimate of drug-likeness (QED) is 0.598. The molecule has 0 spiro atoms. The molecule has 0 bridgehead atoms. The Bertz CT molecular complexity index is 763. The number of anilines is 1. The van der Waals surface area contributed by atoms with Crippen molar-refractivity contribution in [3.05, 3.63) is 52.0 Å². The number of hydrogen-bond acceptors (Lipinski definition) is 4. The van der Waals surface area contributed by atoms with Gasteiger partial charge in [-0.15, -0.1) is 0 Å². The molecule has 0 fully saturated rings. The molecule has 2 aromatic carbocycles. The summed E-state index contributed by atoms with van der Waals surface area (Å²) in [7, 11) is 3.11. The molecule has 0 atom stereocenters. The van der Waals surface area contributed by atoms with E-state index < -0.39 is 6.03 Å². The van der Waals surface area contributed by atoms with Crippen molar-refractivity contribution in [1.82, 2.24) is 5.43 Å². The van der Waals surface area contributed by atoms with Crippen molar-refractivity contribution in [2.45, 2.75) is 6.92 Å². The second-order valence-corrected chi connectivity index (χ2v) is 5.73. The number of nitrogens with zero attached hydrogens (tertiary/aromatic N) is 1. The number of carbonyl (C=O) groups is 1. The van der Waals surface area contributed by atoms with Crippen LogP contribution in [0.25, 0.3) is 0 Å². The fourth-order valence-electron chi connectivity index (χ4n) is 2.06. The molecule has 7 heteroatoms. The van der Waals surface area contributed by atoms with Gasteiger partial charge in [0.1, 0.15) is 0 Å². The molecule has 2 amide bonds. The zero-order valence-electron chi connectivity index (χ0n) is 13.6. The Kier molecular flexibility index (Phi) is 6.20. The van der Waals surface area contributed by atoms with Crippen molar-refractivity contribution in [3.8, 4) is 11.5 Å². The number of urea groups is 1. The number of amides is 2. The van der Waals surface area contributed by atoms with E-state index in [4.69, 9.17) is 9.47 Å². The minimum Gasteiger partial charge on any atom is -0.493 e. The highest BCUT2D eigenvalue weighted by Crippen LogP contribution is 2.29. The number of aryl methyl sites for hydroxylation is 1. The maximum atomic E-state index is 11.9. The molecule has 2 N–H and O–H groups in total. The zero-order chi connectivity index (χ0) is 17.5. The van der Waals surface area contributed by atoms with Crippen LogP contribution in [0, 0.1) is 6.92 Å². The van der Waals surface area contributed by atoms with E-state index in [-0.39, 0.29) is 0 Å². The lowest BCUT2D eigenvalue weighted by atomic mass is 10.2. The molecule has 0 saturated carbocycles. The van der Waals surface area contributed by atoms with Crippen LogP contribution < -0.4 is 20.2 Å². The van der Waals surface area contributed by atoms with Crippen LogP contribution in [0.1, 0.15) is 11.1 Å². The van der Waals surface area contributed by atoms with E-state index in [2.05, 4.69) is 31.8 Å². The minimum absolute atomic E-state index is 0.435. The third kappa shape index (κ3) is 4.48. The van der Waals surface area contributed by atoms with Gasteiger partial charge in [-0.2, -0.15) is 5.10 Å². The number of benzene rings is 2. The van der Waals surface area contributed by atoms with E-state index in [0.717, 1.165) is 10.0 Å². The largest absolute Gasteiger partial charge is 0.493 e. The molecule has 126 valence electrons. The molecule has 24 heavy (non-hydrogen) atoms. The lowest BCUT2D eigenvalue weighted by Crippen LogP contribution is -2.24. The number of ether oxygens (including phenoxy) is 2. The average molecular weight is 392 g/mol.